The molecule has 1 saturated carbocycles. The van der Waals surface area contributed by atoms with Crippen LogP contribution in [-0.2, 0) is 4.79 Å². The first-order valence-electron chi connectivity index (χ1n) is 6.79. The molecule has 0 bridgehead atoms. The zero-order valence-corrected chi connectivity index (χ0v) is 10.3. The summed E-state index contributed by atoms with van der Waals surface area (Å²) < 4.78 is 0. The Labute approximate surface area is 98.4 Å². The van der Waals surface area contributed by atoms with E-state index in [1.54, 1.807) is 0 Å². The summed E-state index contributed by atoms with van der Waals surface area (Å²) in [7, 11) is 0. The Morgan fingerprint density at radius 3 is 2.94 bits per heavy atom. The predicted molar refractivity (Wildman–Crippen MR) is 65.2 cm³/mol. The van der Waals surface area contributed by atoms with Gasteiger partial charge in [-0.05, 0) is 50.6 Å². The molecule has 1 aliphatic heterocycles. The standard InChI is InChI=1S/C13H24N2O/c1-2-3-4-13(16)15-12-6-5-10-8-14-9-11(10)7-12/h10-12,14H,2-9H2,1H3,(H,15,16)/t10-,11+,12?/m0/s1. The predicted octanol–water partition coefficient (Wildman–Crippen LogP) is 1.68. The third-order valence-corrected chi connectivity index (χ3v) is 4.08. The first-order chi connectivity index (χ1) is 7.79. The second-order valence-corrected chi connectivity index (χ2v) is 5.36. The van der Waals surface area contributed by atoms with E-state index in [0.717, 1.165) is 31.2 Å². The summed E-state index contributed by atoms with van der Waals surface area (Å²) in [5, 5.41) is 6.66. The molecule has 92 valence electrons. The zero-order chi connectivity index (χ0) is 11.4. The Balaban J connectivity index is 1.72. The van der Waals surface area contributed by atoms with Gasteiger partial charge in [0, 0.05) is 12.5 Å². The largest absolute Gasteiger partial charge is 0.353 e. The molecule has 1 saturated heterocycles. The van der Waals surface area contributed by atoms with E-state index in [2.05, 4.69) is 17.6 Å². The van der Waals surface area contributed by atoms with Crippen molar-refractivity contribution in [3.8, 4) is 0 Å². The summed E-state index contributed by atoms with van der Waals surface area (Å²) in [5.74, 6) is 1.95. The van der Waals surface area contributed by atoms with Gasteiger partial charge in [-0.1, -0.05) is 13.3 Å². The molecule has 1 unspecified atom stereocenters. The van der Waals surface area contributed by atoms with Crippen LogP contribution in [0.4, 0.5) is 0 Å². The molecular formula is C13H24N2O. The molecule has 0 spiro atoms. The van der Waals surface area contributed by atoms with Crippen LogP contribution in [-0.4, -0.2) is 25.0 Å². The van der Waals surface area contributed by atoms with Crippen molar-refractivity contribution in [3.05, 3.63) is 0 Å². The van der Waals surface area contributed by atoms with E-state index in [9.17, 15) is 4.79 Å². The van der Waals surface area contributed by atoms with Crippen LogP contribution in [0.1, 0.15) is 45.4 Å². The first-order valence-corrected chi connectivity index (χ1v) is 6.79. The molecule has 3 nitrogen and oxygen atoms in total. The third kappa shape index (κ3) is 2.97. The lowest BCUT2D eigenvalue weighted by Gasteiger charge is -2.31. The molecule has 1 aliphatic carbocycles. The summed E-state index contributed by atoms with van der Waals surface area (Å²) in [6.45, 7) is 4.48. The van der Waals surface area contributed by atoms with Crippen molar-refractivity contribution in [2.45, 2.75) is 51.5 Å². The molecule has 1 heterocycles. The van der Waals surface area contributed by atoms with E-state index in [1.165, 1.54) is 25.8 Å². The molecule has 16 heavy (non-hydrogen) atoms. The van der Waals surface area contributed by atoms with Gasteiger partial charge in [0.1, 0.15) is 0 Å². The van der Waals surface area contributed by atoms with Crippen molar-refractivity contribution in [2.75, 3.05) is 13.1 Å². The number of fused-ring (bicyclic) bond motifs is 1. The van der Waals surface area contributed by atoms with Gasteiger partial charge < -0.3 is 10.6 Å². The Bertz CT molecular complexity index is 242. The summed E-state index contributed by atoms with van der Waals surface area (Å²) >= 11 is 0. The molecule has 2 aliphatic rings. The summed E-state index contributed by atoms with van der Waals surface area (Å²) in [6, 6.07) is 0.450. The number of hydrogen-bond donors (Lipinski definition) is 2. The molecule has 0 radical (unpaired) electrons. The lowest BCUT2D eigenvalue weighted by atomic mass is 9.79. The van der Waals surface area contributed by atoms with Crippen LogP contribution < -0.4 is 10.6 Å². The lowest BCUT2D eigenvalue weighted by molar-refractivity contribution is -0.122. The van der Waals surface area contributed by atoms with Crippen molar-refractivity contribution in [1.82, 2.24) is 10.6 Å². The monoisotopic (exact) mass is 224 g/mol. The van der Waals surface area contributed by atoms with Crippen LogP contribution in [0.2, 0.25) is 0 Å². The van der Waals surface area contributed by atoms with Gasteiger partial charge in [-0.15, -0.1) is 0 Å². The van der Waals surface area contributed by atoms with E-state index < -0.39 is 0 Å². The van der Waals surface area contributed by atoms with Gasteiger partial charge in [0.25, 0.3) is 0 Å². The number of hydrogen-bond acceptors (Lipinski definition) is 2. The molecule has 0 aromatic heterocycles. The number of unbranched alkanes of at least 4 members (excludes halogenated alkanes) is 1. The fraction of sp³-hybridized carbons (Fsp3) is 0.923. The van der Waals surface area contributed by atoms with Crippen LogP contribution in [0.15, 0.2) is 0 Å². The maximum Gasteiger partial charge on any atom is 0.220 e. The molecule has 0 aromatic rings. The van der Waals surface area contributed by atoms with Gasteiger partial charge >= 0.3 is 0 Å². The first kappa shape index (κ1) is 11.9. The molecule has 3 atom stereocenters. The van der Waals surface area contributed by atoms with Gasteiger partial charge in [-0.2, -0.15) is 0 Å². The second kappa shape index (κ2) is 5.67. The minimum Gasteiger partial charge on any atom is -0.353 e. The number of carbonyl (C=O) groups is 1. The van der Waals surface area contributed by atoms with Crippen molar-refractivity contribution in [1.29, 1.82) is 0 Å². The minimum atomic E-state index is 0.260. The van der Waals surface area contributed by atoms with Crippen LogP contribution in [0, 0.1) is 11.8 Å². The maximum atomic E-state index is 11.6. The van der Waals surface area contributed by atoms with Gasteiger partial charge in [-0.25, -0.2) is 0 Å². The van der Waals surface area contributed by atoms with Crippen molar-refractivity contribution in [2.24, 2.45) is 11.8 Å². The van der Waals surface area contributed by atoms with Crippen LogP contribution in [0.3, 0.4) is 0 Å². The van der Waals surface area contributed by atoms with Crippen molar-refractivity contribution in [3.63, 3.8) is 0 Å². The molecule has 0 aromatic carbocycles. The minimum absolute atomic E-state index is 0.260. The highest BCUT2D eigenvalue weighted by atomic mass is 16.1. The highest BCUT2D eigenvalue weighted by Crippen LogP contribution is 2.32. The van der Waals surface area contributed by atoms with Crippen molar-refractivity contribution >= 4 is 5.91 Å². The van der Waals surface area contributed by atoms with Gasteiger partial charge in [0.2, 0.25) is 5.91 Å². The Morgan fingerprint density at radius 2 is 2.12 bits per heavy atom. The summed E-state index contributed by atoms with van der Waals surface area (Å²) in [4.78, 5) is 11.6. The van der Waals surface area contributed by atoms with Gasteiger partial charge in [0.05, 0.1) is 0 Å². The number of rotatable bonds is 4. The Kier molecular flexibility index (Phi) is 4.22. The molecule has 3 heteroatoms. The average molecular weight is 224 g/mol. The zero-order valence-electron chi connectivity index (χ0n) is 10.3. The molecular weight excluding hydrogens is 200 g/mol. The average Bonchev–Trinajstić information content (AvgIpc) is 2.73. The molecule has 2 rings (SSSR count). The lowest BCUT2D eigenvalue weighted by Crippen LogP contribution is -2.40. The van der Waals surface area contributed by atoms with E-state index in [1.807, 2.05) is 0 Å². The number of carbonyl (C=O) groups excluding carboxylic acids is 1. The number of nitrogens with one attached hydrogen (secondary N) is 2. The third-order valence-electron chi connectivity index (χ3n) is 4.08. The highest BCUT2D eigenvalue weighted by Gasteiger charge is 2.33. The second-order valence-electron chi connectivity index (χ2n) is 5.36. The fourth-order valence-electron chi connectivity index (χ4n) is 3.07. The Hall–Kier alpha value is -0.570. The van der Waals surface area contributed by atoms with Crippen LogP contribution in [0.25, 0.3) is 0 Å². The topological polar surface area (TPSA) is 41.1 Å². The van der Waals surface area contributed by atoms with Crippen LogP contribution in [0.5, 0.6) is 0 Å². The van der Waals surface area contributed by atoms with E-state index in [-0.39, 0.29) is 5.91 Å². The SMILES string of the molecule is CCCCC(=O)NC1CC[C@H]2CNC[C@H]2C1. The van der Waals surface area contributed by atoms with Gasteiger partial charge in [-0.3, -0.25) is 4.79 Å². The normalized spacial score (nSPS) is 33.4. The van der Waals surface area contributed by atoms with Crippen LogP contribution >= 0.6 is 0 Å². The van der Waals surface area contributed by atoms with Gasteiger partial charge in [0.15, 0.2) is 0 Å². The number of amides is 1. The quantitative estimate of drug-likeness (QED) is 0.763. The summed E-state index contributed by atoms with van der Waals surface area (Å²) in [5.41, 5.74) is 0. The Morgan fingerprint density at radius 1 is 1.31 bits per heavy atom. The summed E-state index contributed by atoms with van der Waals surface area (Å²) in [6.07, 6.45) is 6.49. The molecule has 2 N–H and O–H groups in total. The maximum absolute atomic E-state index is 11.6. The fourth-order valence-corrected chi connectivity index (χ4v) is 3.07. The van der Waals surface area contributed by atoms with E-state index >= 15 is 0 Å². The van der Waals surface area contributed by atoms with E-state index in [0.29, 0.717) is 12.5 Å². The highest BCUT2D eigenvalue weighted by molar-refractivity contribution is 5.76. The molecule has 1 amide bonds. The van der Waals surface area contributed by atoms with E-state index in [4.69, 9.17) is 0 Å². The van der Waals surface area contributed by atoms with Crippen molar-refractivity contribution < 1.29 is 4.79 Å². The molecule has 2 fully saturated rings. The smallest absolute Gasteiger partial charge is 0.220 e.